The molecule has 0 unspecified atom stereocenters. The van der Waals surface area contributed by atoms with Crippen LogP contribution in [0.2, 0.25) is 0 Å². The summed E-state index contributed by atoms with van der Waals surface area (Å²) >= 11 is 3.37. The zero-order valence-corrected chi connectivity index (χ0v) is 12.1. The first-order valence-corrected chi connectivity index (χ1v) is 6.97. The standard InChI is InChI=1S/C13H18BrN3O/c1-2-16-5-7-17(8-6-16)13(18)11-9-10(14)3-4-12(11)15/h3-4,9H,2,5-8,15H2,1H3. The number of anilines is 1. The van der Waals surface area contributed by atoms with Gasteiger partial charge in [-0.1, -0.05) is 22.9 Å². The molecule has 1 aromatic rings. The van der Waals surface area contributed by atoms with Crippen LogP contribution in [0.25, 0.3) is 0 Å². The molecule has 0 radical (unpaired) electrons. The highest BCUT2D eigenvalue weighted by Gasteiger charge is 2.22. The van der Waals surface area contributed by atoms with Gasteiger partial charge in [0.15, 0.2) is 0 Å². The number of carbonyl (C=O) groups excluding carboxylic acids is 1. The molecule has 0 bridgehead atoms. The van der Waals surface area contributed by atoms with Crippen LogP contribution in [0, 0.1) is 0 Å². The molecule has 98 valence electrons. The predicted molar refractivity (Wildman–Crippen MR) is 76.6 cm³/mol. The van der Waals surface area contributed by atoms with E-state index in [9.17, 15) is 4.79 Å². The van der Waals surface area contributed by atoms with Crippen molar-refractivity contribution in [3.05, 3.63) is 28.2 Å². The lowest BCUT2D eigenvalue weighted by Gasteiger charge is -2.34. The molecule has 0 aliphatic carbocycles. The van der Waals surface area contributed by atoms with Crippen LogP contribution in [0.15, 0.2) is 22.7 Å². The predicted octanol–water partition coefficient (Wildman–Crippen LogP) is 1.81. The third-order valence-electron chi connectivity index (χ3n) is 3.35. The molecule has 5 heteroatoms. The maximum absolute atomic E-state index is 12.4. The molecule has 2 N–H and O–H groups in total. The van der Waals surface area contributed by atoms with E-state index in [1.165, 1.54) is 0 Å². The van der Waals surface area contributed by atoms with Gasteiger partial charge in [0.05, 0.1) is 5.56 Å². The molecule has 1 fully saturated rings. The van der Waals surface area contributed by atoms with Crippen molar-refractivity contribution in [2.75, 3.05) is 38.5 Å². The van der Waals surface area contributed by atoms with Crippen LogP contribution >= 0.6 is 15.9 Å². The van der Waals surface area contributed by atoms with Crippen molar-refractivity contribution in [1.29, 1.82) is 0 Å². The lowest BCUT2D eigenvalue weighted by Crippen LogP contribution is -2.48. The quantitative estimate of drug-likeness (QED) is 0.847. The van der Waals surface area contributed by atoms with E-state index in [0.717, 1.165) is 37.2 Å². The highest BCUT2D eigenvalue weighted by Crippen LogP contribution is 2.20. The number of amides is 1. The summed E-state index contributed by atoms with van der Waals surface area (Å²) < 4.78 is 0.882. The van der Waals surface area contributed by atoms with Gasteiger partial charge in [-0.3, -0.25) is 4.79 Å². The van der Waals surface area contributed by atoms with Crippen molar-refractivity contribution in [1.82, 2.24) is 9.80 Å². The molecule has 18 heavy (non-hydrogen) atoms. The molecule has 0 spiro atoms. The zero-order valence-electron chi connectivity index (χ0n) is 10.5. The van der Waals surface area contributed by atoms with Crippen molar-refractivity contribution in [3.63, 3.8) is 0 Å². The van der Waals surface area contributed by atoms with E-state index in [1.807, 2.05) is 11.0 Å². The number of nitrogens with two attached hydrogens (primary N) is 1. The van der Waals surface area contributed by atoms with Gasteiger partial charge in [-0.05, 0) is 24.7 Å². The Morgan fingerprint density at radius 3 is 2.61 bits per heavy atom. The highest BCUT2D eigenvalue weighted by molar-refractivity contribution is 9.10. The van der Waals surface area contributed by atoms with Crippen LogP contribution in [0.3, 0.4) is 0 Å². The Hall–Kier alpha value is -1.07. The molecule has 1 heterocycles. The van der Waals surface area contributed by atoms with E-state index in [-0.39, 0.29) is 5.91 Å². The molecular formula is C13H18BrN3O. The number of likely N-dealkylation sites (N-methyl/N-ethyl adjacent to an activating group) is 1. The number of halogens is 1. The van der Waals surface area contributed by atoms with Gasteiger partial charge >= 0.3 is 0 Å². The van der Waals surface area contributed by atoms with Gasteiger partial charge in [0.2, 0.25) is 0 Å². The van der Waals surface area contributed by atoms with Gasteiger partial charge in [-0.15, -0.1) is 0 Å². The van der Waals surface area contributed by atoms with Crippen molar-refractivity contribution in [2.45, 2.75) is 6.92 Å². The lowest BCUT2D eigenvalue weighted by atomic mass is 10.1. The smallest absolute Gasteiger partial charge is 0.256 e. The maximum atomic E-state index is 12.4. The van der Waals surface area contributed by atoms with Gasteiger partial charge in [0.25, 0.3) is 5.91 Å². The van der Waals surface area contributed by atoms with Gasteiger partial charge in [0.1, 0.15) is 0 Å². The van der Waals surface area contributed by atoms with E-state index < -0.39 is 0 Å². The molecule has 1 amide bonds. The van der Waals surface area contributed by atoms with Crippen LogP contribution in [0.4, 0.5) is 5.69 Å². The Labute approximate surface area is 116 Å². The van der Waals surface area contributed by atoms with Crippen LogP contribution in [0.5, 0.6) is 0 Å². The van der Waals surface area contributed by atoms with Gasteiger partial charge in [-0.2, -0.15) is 0 Å². The average molecular weight is 312 g/mol. The fourth-order valence-corrected chi connectivity index (χ4v) is 2.51. The summed E-state index contributed by atoms with van der Waals surface area (Å²) in [4.78, 5) is 16.6. The van der Waals surface area contributed by atoms with Crippen LogP contribution in [-0.4, -0.2) is 48.4 Å². The Morgan fingerprint density at radius 1 is 1.33 bits per heavy atom. The lowest BCUT2D eigenvalue weighted by molar-refractivity contribution is 0.0644. The summed E-state index contributed by atoms with van der Waals surface area (Å²) in [5, 5.41) is 0. The Balaban J connectivity index is 2.10. The average Bonchev–Trinajstić information content (AvgIpc) is 2.41. The topological polar surface area (TPSA) is 49.6 Å². The molecule has 1 saturated heterocycles. The number of nitrogens with zero attached hydrogens (tertiary/aromatic N) is 2. The molecule has 0 saturated carbocycles. The largest absolute Gasteiger partial charge is 0.398 e. The van der Waals surface area contributed by atoms with Crippen LogP contribution < -0.4 is 5.73 Å². The normalized spacial score (nSPS) is 16.9. The van der Waals surface area contributed by atoms with E-state index >= 15 is 0 Å². The van der Waals surface area contributed by atoms with Crippen molar-refractivity contribution < 1.29 is 4.79 Å². The molecule has 2 rings (SSSR count). The molecule has 0 aromatic heterocycles. The Kier molecular flexibility index (Phi) is 4.24. The summed E-state index contributed by atoms with van der Waals surface area (Å²) in [7, 11) is 0. The van der Waals surface area contributed by atoms with Crippen molar-refractivity contribution in [3.8, 4) is 0 Å². The summed E-state index contributed by atoms with van der Waals surface area (Å²) in [5.74, 6) is 0.0320. The number of hydrogen-bond acceptors (Lipinski definition) is 3. The summed E-state index contributed by atoms with van der Waals surface area (Å²) in [5.41, 5.74) is 7.01. The number of nitrogen functional groups attached to an aromatic ring is 1. The third-order valence-corrected chi connectivity index (χ3v) is 3.85. The number of rotatable bonds is 2. The first-order chi connectivity index (χ1) is 8.61. The summed E-state index contributed by atoms with van der Waals surface area (Å²) in [6.45, 7) is 6.62. The number of benzene rings is 1. The van der Waals surface area contributed by atoms with E-state index in [1.54, 1.807) is 12.1 Å². The summed E-state index contributed by atoms with van der Waals surface area (Å²) in [6, 6.07) is 5.41. The Morgan fingerprint density at radius 2 is 2.00 bits per heavy atom. The zero-order chi connectivity index (χ0) is 13.1. The number of hydrogen-bond donors (Lipinski definition) is 1. The minimum Gasteiger partial charge on any atom is -0.398 e. The molecule has 1 aliphatic heterocycles. The maximum Gasteiger partial charge on any atom is 0.256 e. The minimum atomic E-state index is 0.0320. The fraction of sp³-hybridized carbons (Fsp3) is 0.462. The van der Waals surface area contributed by atoms with E-state index in [2.05, 4.69) is 27.8 Å². The SMILES string of the molecule is CCN1CCN(C(=O)c2cc(Br)ccc2N)CC1. The highest BCUT2D eigenvalue weighted by atomic mass is 79.9. The molecule has 1 aromatic carbocycles. The first kappa shape index (κ1) is 13.4. The second kappa shape index (κ2) is 5.71. The second-order valence-corrected chi connectivity index (χ2v) is 5.37. The summed E-state index contributed by atoms with van der Waals surface area (Å²) in [6.07, 6.45) is 0. The second-order valence-electron chi connectivity index (χ2n) is 4.46. The van der Waals surface area contributed by atoms with Gasteiger partial charge in [-0.25, -0.2) is 0 Å². The van der Waals surface area contributed by atoms with Crippen LogP contribution in [-0.2, 0) is 0 Å². The van der Waals surface area contributed by atoms with Crippen LogP contribution in [0.1, 0.15) is 17.3 Å². The molecular weight excluding hydrogens is 294 g/mol. The fourth-order valence-electron chi connectivity index (χ4n) is 2.15. The first-order valence-electron chi connectivity index (χ1n) is 6.18. The van der Waals surface area contributed by atoms with Crippen molar-refractivity contribution in [2.24, 2.45) is 0 Å². The van der Waals surface area contributed by atoms with E-state index in [0.29, 0.717) is 11.3 Å². The van der Waals surface area contributed by atoms with E-state index in [4.69, 9.17) is 5.73 Å². The minimum absolute atomic E-state index is 0.0320. The molecule has 0 atom stereocenters. The van der Waals surface area contributed by atoms with Gasteiger partial charge < -0.3 is 15.5 Å². The third kappa shape index (κ3) is 2.84. The number of piperazine rings is 1. The number of carbonyl (C=O) groups is 1. The monoisotopic (exact) mass is 311 g/mol. The molecule has 1 aliphatic rings. The Bertz CT molecular complexity index is 442. The van der Waals surface area contributed by atoms with Gasteiger partial charge in [0, 0.05) is 36.3 Å². The molecule has 4 nitrogen and oxygen atoms in total. The van der Waals surface area contributed by atoms with Crippen molar-refractivity contribution >= 4 is 27.5 Å².